The molecule has 0 spiro atoms. The van der Waals surface area contributed by atoms with Crippen LogP contribution in [0.25, 0.3) is 0 Å². The van der Waals surface area contributed by atoms with E-state index >= 15 is 0 Å². The van der Waals surface area contributed by atoms with Crippen molar-refractivity contribution in [2.75, 3.05) is 25.1 Å². The number of hydrogen-bond acceptors (Lipinski definition) is 4. The van der Waals surface area contributed by atoms with Crippen LogP contribution >= 0.6 is 0 Å². The quantitative estimate of drug-likeness (QED) is 0.592. The van der Waals surface area contributed by atoms with E-state index in [4.69, 9.17) is 9.84 Å². The lowest BCUT2D eigenvalue weighted by Gasteiger charge is -2.40. The van der Waals surface area contributed by atoms with Crippen molar-refractivity contribution < 1.29 is 24.2 Å². The van der Waals surface area contributed by atoms with Crippen molar-refractivity contribution in [3.05, 3.63) is 29.8 Å². The van der Waals surface area contributed by atoms with Gasteiger partial charge in [0.2, 0.25) is 5.91 Å². The molecule has 7 nitrogen and oxygen atoms in total. The van der Waals surface area contributed by atoms with Gasteiger partial charge in [0.15, 0.2) is 0 Å². The summed E-state index contributed by atoms with van der Waals surface area (Å²) in [6.45, 7) is 2.72. The average Bonchev–Trinajstić information content (AvgIpc) is 2.55. The lowest BCUT2D eigenvalue weighted by Crippen LogP contribution is -2.42. The summed E-state index contributed by atoms with van der Waals surface area (Å²) >= 11 is 0. The number of rotatable bonds is 9. The fraction of sp³-hybridized carbons (Fsp3) is 0.500. The van der Waals surface area contributed by atoms with Crippen molar-refractivity contribution in [3.8, 4) is 0 Å². The first-order valence-electron chi connectivity index (χ1n) is 8.46. The molecule has 0 atom stereocenters. The maximum Gasteiger partial charge on any atom is 0.322 e. The van der Waals surface area contributed by atoms with E-state index in [-0.39, 0.29) is 11.3 Å². The van der Waals surface area contributed by atoms with Crippen LogP contribution < -0.4 is 10.6 Å². The minimum atomic E-state index is -1.10. The van der Waals surface area contributed by atoms with E-state index in [1.165, 1.54) is 0 Å². The van der Waals surface area contributed by atoms with E-state index in [1.54, 1.807) is 24.3 Å². The molecule has 0 aromatic heterocycles. The van der Waals surface area contributed by atoms with Crippen LogP contribution in [0.3, 0.4) is 0 Å². The number of carboxylic acids is 1. The van der Waals surface area contributed by atoms with Gasteiger partial charge in [0.1, 0.15) is 6.54 Å². The number of ether oxygens (including phenoxy) is 1. The Morgan fingerprint density at radius 1 is 1.20 bits per heavy atom. The molecule has 0 aliphatic heterocycles. The second-order valence-corrected chi connectivity index (χ2v) is 6.19. The smallest absolute Gasteiger partial charge is 0.322 e. The summed E-state index contributed by atoms with van der Waals surface area (Å²) in [7, 11) is 0. The van der Waals surface area contributed by atoms with Crippen molar-refractivity contribution in [1.29, 1.82) is 0 Å². The first-order valence-corrected chi connectivity index (χ1v) is 8.46. The van der Waals surface area contributed by atoms with Gasteiger partial charge < -0.3 is 20.5 Å². The van der Waals surface area contributed by atoms with E-state index in [0.717, 1.165) is 19.3 Å². The summed E-state index contributed by atoms with van der Waals surface area (Å²) in [5.74, 6) is -1.58. The summed E-state index contributed by atoms with van der Waals surface area (Å²) in [6.07, 6.45) is 3.48. The molecule has 3 N–H and O–H groups in total. The Kier molecular flexibility index (Phi) is 6.52. The molecule has 0 bridgehead atoms. The molecule has 1 aromatic carbocycles. The van der Waals surface area contributed by atoms with Gasteiger partial charge in [-0.15, -0.1) is 0 Å². The molecule has 0 radical (unpaired) electrons. The molecule has 1 saturated carbocycles. The lowest BCUT2D eigenvalue weighted by molar-refractivity contribution is -0.135. The molecule has 25 heavy (non-hydrogen) atoms. The van der Waals surface area contributed by atoms with Crippen molar-refractivity contribution in [2.24, 2.45) is 5.41 Å². The van der Waals surface area contributed by atoms with Gasteiger partial charge in [-0.2, -0.15) is 0 Å². The zero-order valence-corrected chi connectivity index (χ0v) is 14.3. The highest BCUT2D eigenvalue weighted by Crippen LogP contribution is 2.44. The Balaban J connectivity index is 1.92. The monoisotopic (exact) mass is 348 g/mol. The molecule has 0 heterocycles. The van der Waals surface area contributed by atoms with E-state index in [9.17, 15) is 14.4 Å². The molecule has 7 heteroatoms. The van der Waals surface area contributed by atoms with Crippen LogP contribution in [0, 0.1) is 5.41 Å². The second-order valence-electron chi connectivity index (χ2n) is 6.19. The van der Waals surface area contributed by atoms with Gasteiger partial charge >= 0.3 is 5.97 Å². The van der Waals surface area contributed by atoms with Gasteiger partial charge in [0.25, 0.3) is 5.91 Å². The molecule has 2 rings (SSSR count). The third-order valence-corrected chi connectivity index (χ3v) is 4.53. The first-order chi connectivity index (χ1) is 12.0. The SMILES string of the molecule is CCOCCC1(C(=O)Nc2ccc(C(=O)NCC(=O)O)cc2)CCC1. The number of anilines is 1. The zero-order valence-electron chi connectivity index (χ0n) is 14.3. The summed E-state index contributed by atoms with van der Waals surface area (Å²) in [5.41, 5.74) is 0.601. The van der Waals surface area contributed by atoms with Crippen molar-refractivity contribution in [1.82, 2.24) is 5.32 Å². The Morgan fingerprint density at radius 3 is 2.40 bits per heavy atom. The number of benzene rings is 1. The average molecular weight is 348 g/mol. The van der Waals surface area contributed by atoms with E-state index in [2.05, 4.69) is 10.6 Å². The van der Waals surface area contributed by atoms with Gasteiger partial charge in [0.05, 0.1) is 5.41 Å². The van der Waals surface area contributed by atoms with Gasteiger partial charge in [-0.05, 0) is 50.5 Å². The fourth-order valence-corrected chi connectivity index (χ4v) is 2.83. The maximum absolute atomic E-state index is 12.6. The molecule has 2 amide bonds. The Labute approximate surface area is 146 Å². The summed E-state index contributed by atoms with van der Waals surface area (Å²) in [4.78, 5) is 34.8. The highest BCUT2D eigenvalue weighted by Gasteiger charge is 2.43. The van der Waals surface area contributed by atoms with Crippen LogP contribution in [0.1, 0.15) is 43.0 Å². The van der Waals surface area contributed by atoms with Gasteiger partial charge in [0, 0.05) is 24.5 Å². The molecule has 1 fully saturated rings. The summed E-state index contributed by atoms with van der Waals surface area (Å²) < 4.78 is 5.38. The highest BCUT2D eigenvalue weighted by molar-refractivity contribution is 5.98. The van der Waals surface area contributed by atoms with Crippen LogP contribution in [0.15, 0.2) is 24.3 Å². The number of carboxylic acid groups (broad SMARTS) is 1. The standard InChI is InChI=1S/C18H24N2O5/c1-2-25-11-10-18(8-3-9-18)17(24)20-14-6-4-13(5-7-14)16(23)19-12-15(21)22/h4-7H,2-3,8-12H2,1H3,(H,19,23)(H,20,24)(H,21,22). The third kappa shape index (κ3) is 5.03. The molecule has 1 aliphatic rings. The normalized spacial score (nSPS) is 15.1. The largest absolute Gasteiger partial charge is 0.480 e. The van der Waals surface area contributed by atoms with Crippen molar-refractivity contribution in [3.63, 3.8) is 0 Å². The first kappa shape index (κ1) is 18.9. The van der Waals surface area contributed by atoms with Gasteiger partial charge in [-0.1, -0.05) is 6.42 Å². The Morgan fingerprint density at radius 2 is 1.88 bits per heavy atom. The van der Waals surface area contributed by atoms with Crippen LogP contribution in [0.5, 0.6) is 0 Å². The minimum Gasteiger partial charge on any atom is -0.480 e. The third-order valence-electron chi connectivity index (χ3n) is 4.53. The number of amides is 2. The molecule has 0 unspecified atom stereocenters. The van der Waals surface area contributed by atoms with Gasteiger partial charge in [-0.3, -0.25) is 14.4 Å². The van der Waals surface area contributed by atoms with Crippen LogP contribution in [-0.2, 0) is 14.3 Å². The Bertz CT molecular complexity index is 623. The van der Waals surface area contributed by atoms with Crippen molar-refractivity contribution >= 4 is 23.5 Å². The predicted molar refractivity (Wildman–Crippen MR) is 92.4 cm³/mol. The van der Waals surface area contributed by atoms with Crippen LogP contribution in [-0.4, -0.2) is 42.6 Å². The molecule has 136 valence electrons. The molecule has 1 aliphatic carbocycles. The van der Waals surface area contributed by atoms with Gasteiger partial charge in [-0.25, -0.2) is 0 Å². The number of aliphatic carboxylic acids is 1. The fourth-order valence-electron chi connectivity index (χ4n) is 2.83. The van der Waals surface area contributed by atoms with E-state index in [0.29, 0.717) is 30.9 Å². The van der Waals surface area contributed by atoms with Crippen LogP contribution in [0.4, 0.5) is 5.69 Å². The molecule has 1 aromatic rings. The maximum atomic E-state index is 12.6. The molecular weight excluding hydrogens is 324 g/mol. The second kappa shape index (κ2) is 8.62. The highest BCUT2D eigenvalue weighted by atomic mass is 16.5. The summed E-state index contributed by atoms with van der Waals surface area (Å²) in [6, 6.07) is 6.39. The predicted octanol–water partition coefficient (Wildman–Crippen LogP) is 2.04. The topological polar surface area (TPSA) is 105 Å². The van der Waals surface area contributed by atoms with E-state index < -0.39 is 18.4 Å². The number of carbonyl (C=O) groups is 3. The lowest BCUT2D eigenvalue weighted by atomic mass is 9.66. The number of nitrogens with one attached hydrogen (secondary N) is 2. The van der Waals surface area contributed by atoms with Crippen LogP contribution in [0.2, 0.25) is 0 Å². The molecular formula is C18H24N2O5. The zero-order chi connectivity index (χ0) is 18.3. The van der Waals surface area contributed by atoms with E-state index in [1.807, 2.05) is 6.92 Å². The van der Waals surface area contributed by atoms with Crippen molar-refractivity contribution in [2.45, 2.75) is 32.6 Å². The number of carbonyl (C=O) groups excluding carboxylic acids is 2. The summed E-state index contributed by atoms with van der Waals surface area (Å²) in [5, 5.41) is 13.8. The minimum absolute atomic E-state index is 0.0125. The Hall–Kier alpha value is -2.41. The molecule has 0 saturated heterocycles. The number of hydrogen-bond donors (Lipinski definition) is 3.